The van der Waals surface area contributed by atoms with Crippen molar-refractivity contribution in [2.45, 2.75) is 0 Å². The number of carboxylic acids is 1. The minimum absolute atomic E-state index is 0.119. The monoisotopic (exact) mass is 240 g/mol. The molecule has 0 radical (unpaired) electrons. The Morgan fingerprint density at radius 3 is 2.78 bits per heavy atom. The van der Waals surface area contributed by atoms with Crippen molar-refractivity contribution in [1.82, 2.24) is 19.7 Å². The van der Waals surface area contributed by atoms with E-state index in [-0.39, 0.29) is 11.5 Å². The molecule has 0 unspecified atom stereocenters. The second-order valence-corrected chi connectivity index (χ2v) is 3.65. The van der Waals surface area contributed by atoms with Crippen LogP contribution in [0.5, 0.6) is 0 Å². The van der Waals surface area contributed by atoms with E-state index in [0.717, 1.165) is 10.9 Å². The molecular formula is C12H8N4O2. The van der Waals surface area contributed by atoms with Crippen molar-refractivity contribution in [2.75, 3.05) is 0 Å². The Hall–Kier alpha value is -2.76. The van der Waals surface area contributed by atoms with Gasteiger partial charge >= 0.3 is 5.97 Å². The molecule has 0 aliphatic carbocycles. The minimum atomic E-state index is -1.13. The zero-order valence-electron chi connectivity index (χ0n) is 9.19. The first-order chi connectivity index (χ1) is 8.77. The number of hydrogen-bond acceptors (Lipinski definition) is 4. The van der Waals surface area contributed by atoms with Crippen LogP contribution in [0.2, 0.25) is 0 Å². The molecule has 3 aromatic rings. The van der Waals surface area contributed by atoms with Crippen LogP contribution in [0.15, 0.2) is 42.9 Å². The smallest absolute Gasteiger partial charge is 0.358 e. The predicted octanol–water partition coefficient (Wildman–Crippen LogP) is 1.51. The molecule has 0 bridgehead atoms. The Morgan fingerprint density at radius 1 is 1.17 bits per heavy atom. The second-order valence-electron chi connectivity index (χ2n) is 3.65. The molecule has 1 N–H and O–H groups in total. The molecule has 0 amide bonds. The van der Waals surface area contributed by atoms with Gasteiger partial charge in [-0.15, -0.1) is 0 Å². The average Bonchev–Trinajstić information content (AvgIpc) is 2.82. The van der Waals surface area contributed by atoms with Crippen LogP contribution in [-0.4, -0.2) is 30.8 Å². The minimum Gasteiger partial charge on any atom is -0.476 e. The summed E-state index contributed by atoms with van der Waals surface area (Å²) in [5, 5.41) is 14.2. The van der Waals surface area contributed by atoms with Crippen LogP contribution in [0.3, 0.4) is 0 Å². The summed E-state index contributed by atoms with van der Waals surface area (Å²) < 4.78 is 1.48. The number of fused-ring (bicyclic) bond motifs is 1. The van der Waals surface area contributed by atoms with Crippen LogP contribution in [0.25, 0.3) is 16.7 Å². The Kier molecular flexibility index (Phi) is 2.26. The van der Waals surface area contributed by atoms with Crippen molar-refractivity contribution in [2.24, 2.45) is 0 Å². The third-order valence-corrected chi connectivity index (χ3v) is 2.56. The molecule has 3 rings (SSSR count). The second kappa shape index (κ2) is 3.92. The van der Waals surface area contributed by atoms with Crippen molar-refractivity contribution in [1.29, 1.82) is 0 Å². The zero-order valence-corrected chi connectivity index (χ0v) is 9.19. The largest absolute Gasteiger partial charge is 0.476 e. The number of nitrogens with zero attached hydrogens (tertiary/aromatic N) is 4. The van der Waals surface area contributed by atoms with Gasteiger partial charge in [0.05, 0.1) is 11.7 Å². The lowest BCUT2D eigenvalue weighted by Gasteiger charge is -2.04. The maximum absolute atomic E-state index is 11.1. The molecule has 0 atom stereocenters. The number of benzene rings is 1. The molecule has 0 aliphatic rings. The number of carbonyl (C=O) groups is 1. The number of aromatic carboxylic acids is 1. The summed E-state index contributed by atoms with van der Waals surface area (Å²) in [5.41, 5.74) is 0.673. The highest BCUT2D eigenvalue weighted by Crippen LogP contribution is 2.17. The highest BCUT2D eigenvalue weighted by molar-refractivity contribution is 5.90. The number of aromatic nitrogens is 4. The molecule has 1 aromatic carbocycles. The SMILES string of the molecule is O=C(O)c1nccnc1-n1ncc2ccccc21. The summed E-state index contributed by atoms with van der Waals surface area (Å²) in [6.07, 6.45) is 4.45. The van der Waals surface area contributed by atoms with E-state index in [1.54, 1.807) is 6.20 Å². The summed E-state index contributed by atoms with van der Waals surface area (Å²) in [4.78, 5) is 19.0. The van der Waals surface area contributed by atoms with Crippen LogP contribution < -0.4 is 0 Å². The Bertz CT molecular complexity index is 736. The van der Waals surface area contributed by atoms with Crippen molar-refractivity contribution >= 4 is 16.9 Å². The molecule has 18 heavy (non-hydrogen) atoms. The average molecular weight is 240 g/mol. The molecule has 0 aliphatic heterocycles. The van der Waals surface area contributed by atoms with Crippen molar-refractivity contribution in [3.63, 3.8) is 0 Å². The van der Waals surface area contributed by atoms with Crippen LogP contribution in [-0.2, 0) is 0 Å². The summed E-state index contributed by atoms with van der Waals surface area (Å²) >= 11 is 0. The van der Waals surface area contributed by atoms with Crippen molar-refractivity contribution in [3.8, 4) is 5.82 Å². The normalized spacial score (nSPS) is 10.7. The van der Waals surface area contributed by atoms with Crippen LogP contribution in [0, 0.1) is 0 Å². The molecule has 6 heteroatoms. The fraction of sp³-hybridized carbons (Fsp3) is 0. The molecule has 0 spiro atoms. The molecule has 2 aromatic heterocycles. The Balaban J connectivity index is 2.30. The quantitative estimate of drug-likeness (QED) is 0.734. The van der Waals surface area contributed by atoms with E-state index in [0.29, 0.717) is 0 Å². The van der Waals surface area contributed by atoms with Crippen molar-refractivity contribution < 1.29 is 9.90 Å². The van der Waals surface area contributed by atoms with E-state index in [9.17, 15) is 4.79 Å². The van der Waals surface area contributed by atoms with Gasteiger partial charge < -0.3 is 5.11 Å². The van der Waals surface area contributed by atoms with E-state index in [1.165, 1.54) is 17.1 Å². The van der Waals surface area contributed by atoms with E-state index in [2.05, 4.69) is 15.1 Å². The standard InChI is InChI=1S/C12H8N4O2/c17-12(18)10-11(14-6-5-13-10)16-9-4-2-1-3-8(9)7-15-16/h1-7H,(H,17,18). The predicted molar refractivity (Wildman–Crippen MR) is 63.6 cm³/mol. The summed E-state index contributed by atoms with van der Waals surface area (Å²) in [5.74, 6) is -0.913. The number of carboxylic acid groups (broad SMARTS) is 1. The first-order valence-corrected chi connectivity index (χ1v) is 5.25. The topological polar surface area (TPSA) is 80.9 Å². The van der Waals surface area contributed by atoms with Gasteiger partial charge in [0.2, 0.25) is 0 Å². The van der Waals surface area contributed by atoms with E-state index in [4.69, 9.17) is 5.11 Å². The van der Waals surface area contributed by atoms with Gasteiger partial charge in [0, 0.05) is 17.8 Å². The van der Waals surface area contributed by atoms with Crippen LogP contribution in [0.4, 0.5) is 0 Å². The van der Waals surface area contributed by atoms with Gasteiger partial charge in [-0.1, -0.05) is 18.2 Å². The van der Waals surface area contributed by atoms with Gasteiger partial charge in [-0.25, -0.2) is 19.4 Å². The van der Waals surface area contributed by atoms with Gasteiger partial charge in [0.25, 0.3) is 0 Å². The first kappa shape index (κ1) is 10.4. The fourth-order valence-electron chi connectivity index (χ4n) is 1.78. The Morgan fingerprint density at radius 2 is 1.94 bits per heavy atom. The van der Waals surface area contributed by atoms with Gasteiger partial charge in [-0.3, -0.25) is 0 Å². The number of hydrogen-bond donors (Lipinski definition) is 1. The Labute approximate surface area is 102 Å². The molecular weight excluding hydrogens is 232 g/mol. The van der Waals surface area contributed by atoms with Gasteiger partial charge in [0.1, 0.15) is 0 Å². The maximum Gasteiger partial charge on any atom is 0.358 e. The summed E-state index contributed by atoms with van der Waals surface area (Å²) in [7, 11) is 0. The summed E-state index contributed by atoms with van der Waals surface area (Å²) in [6, 6.07) is 7.50. The number of rotatable bonds is 2. The van der Waals surface area contributed by atoms with Crippen LogP contribution in [0.1, 0.15) is 10.5 Å². The molecule has 88 valence electrons. The summed E-state index contributed by atoms with van der Waals surface area (Å²) in [6.45, 7) is 0. The molecule has 6 nitrogen and oxygen atoms in total. The maximum atomic E-state index is 11.1. The van der Waals surface area contributed by atoms with Gasteiger partial charge in [-0.05, 0) is 6.07 Å². The van der Waals surface area contributed by atoms with E-state index in [1.807, 2.05) is 24.3 Å². The fourth-order valence-corrected chi connectivity index (χ4v) is 1.78. The lowest BCUT2D eigenvalue weighted by atomic mass is 10.2. The zero-order chi connectivity index (χ0) is 12.5. The van der Waals surface area contributed by atoms with Crippen LogP contribution >= 0.6 is 0 Å². The molecule has 2 heterocycles. The van der Waals surface area contributed by atoms with E-state index < -0.39 is 5.97 Å². The lowest BCUT2D eigenvalue weighted by molar-refractivity contribution is 0.0690. The van der Waals surface area contributed by atoms with E-state index >= 15 is 0 Å². The number of para-hydroxylation sites is 1. The molecule has 0 saturated carbocycles. The highest BCUT2D eigenvalue weighted by Gasteiger charge is 2.16. The first-order valence-electron chi connectivity index (χ1n) is 5.25. The third kappa shape index (κ3) is 1.51. The van der Waals surface area contributed by atoms with Crippen molar-refractivity contribution in [3.05, 3.63) is 48.5 Å². The molecule has 0 saturated heterocycles. The molecule has 0 fully saturated rings. The lowest BCUT2D eigenvalue weighted by Crippen LogP contribution is -2.10. The van der Waals surface area contributed by atoms with Gasteiger partial charge in [0.15, 0.2) is 11.5 Å². The highest BCUT2D eigenvalue weighted by atomic mass is 16.4. The third-order valence-electron chi connectivity index (χ3n) is 2.56. The van der Waals surface area contributed by atoms with Gasteiger partial charge in [-0.2, -0.15) is 5.10 Å².